The number of nitrogens with two attached hydrogens (primary N) is 1. The average Bonchev–Trinajstić information content (AvgIpc) is 2.49. The molecule has 3 N–H and O–H groups in total. The van der Waals surface area contributed by atoms with Gasteiger partial charge in [-0.15, -0.1) is 0 Å². The molecule has 110 valence electrons. The highest BCUT2D eigenvalue weighted by atomic mass is 16.5. The van der Waals surface area contributed by atoms with E-state index >= 15 is 0 Å². The Morgan fingerprint density at radius 3 is 2.57 bits per heavy atom. The molecule has 1 aromatic heterocycles. The molecule has 1 aromatic carbocycles. The first-order valence-electron chi connectivity index (χ1n) is 6.85. The molecule has 5 nitrogen and oxygen atoms in total. The number of hydrogen-bond acceptors (Lipinski definition) is 4. The third-order valence-corrected chi connectivity index (χ3v) is 3.06. The summed E-state index contributed by atoms with van der Waals surface area (Å²) < 4.78 is 5.39. The Morgan fingerprint density at radius 1 is 1.29 bits per heavy atom. The summed E-state index contributed by atoms with van der Waals surface area (Å²) in [7, 11) is 0. The molecule has 0 radical (unpaired) electrons. The van der Waals surface area contributed by atoms with Crippen molar-refractivity contribution < 1.29 is 9.53 Å². The third-order valence-electron chi connectivity index (χ3n) is 3.06. The fourth-order valence-electron chi connectivity index (χ4n) is 1.91. The van der Waals surface area contributed by atoms with Crippen LogP contribution < -0.4 is 15.8 Å². The molecule has 5 heteroatoms. The molecule has 21 heavy (non-hydrogen) atoms. The standard InChI is InChI=1S/C16H19N3O2/c1-3-21-14-7-4-12(5-8-14)11(2)19-16(20)15-9-6-13(17)10-18-15/h4-11H,3,17H2,1-2H3,(H,19,20). The summed E-state index contributed by atoms with van der Waals surface area (Å²) in [5.74, 6) is 0.594. The number of pyridine rings is 1. The Kier molecular flexibility index (Phi) is 4.77. The van der Waals surface area contributed by atoms with Gasteiger partial charge in [0.25, 0.3) is 5.91 Å². The van der Waals surface area contributed by atoms with Gasteiger partial charge in [-0.2, -0.15) is 0 Å². The molecular formula is C16H19N3O2. The second-order valence-corrected chi connectivity index (χ2v) is 4.67. The summed E-state index contributed by atoms with van der Waals surface area (Å²) in [6.45, 7) is 4.50. The van der Waals surface area contributed by atoms with Crippen LogP contribution >= 0.6 is 0 Å². The van der Waals surface area contributed by atoms with Crippen molar-refractivity contribution in [2.24, 2.45) is 0 Å². The highest BCUT2D eigenvalue weighted by Gasteiger charge is 2.12. The van der Waals surface area contributed by atoms with Crippen molar-refractivity contribution in [2.45, 2.75) is 19.9 Å². The zero-order chi connectivity index (χ0) is 15.2. The van der Waals surface area contributed by atoms with E-state index < -0.39 is 0 Å². The van der Waals surface area contributed by atoms with Crippen LogP contribution in [-0.4, -0.2) is 17.5 Å². The Morgan fingerprint density at radius 2 is 2.00 bits per heavy atom. The van der Waals surface area contributed by atoms with E-state index in [9.17, 15) is 4.79 Å². The van der Waals surface area contributed by atoms with Crippen LogP contribution in [-0.2, 0) is 0 Å². The molecule has 0 bridgehead atoms. The van der Waals surface area contributed by atoms with Crippen LogP contribution in [0.5, 0.6) is 5.75 Å². The van der Waals surface area contributed by atoms with Crippen molar-refractivity contribution in [3.05, 3.63) is 53.9 Å². The number of aromatic nitrogens is 1. The highest BCUT2D eigenvalue weighted by molar-refractivity contribution is 5.92. The Bertz CT molecular complexity index is 594. The summed E-state index contributed by atoms with van der Waals surface area (Å²) >= 11 is 0. The number of amides is 1. The summed E-state index contributed by atoms with van der Waals surface area (Å²) in [5.41, 5.74) is 7.44. The molecule has 2 rings (SSSR count). The first kappa shape index (κ1) is 14.8. The van der Waals surface area contributed by atoms with Gasteiger partial charge in [-0.3, -0.25) is 4.79 Å². The monoisotopic (exact) mass is 285 g/mol. The summed E-state index contributed by atoms with van der Waals surface area (Å²) in [4.78, 5) is 16.1. The lowest BCUT2D eigenvalue weighted by atomic mass is 10.1. The molecule has 0 saturated heterocycles. The summed E-state index contributed by atoms with van der Waals surface area (Å²) in [6.07, 6.45) is 1.47. The topological polar surface area (TPSA) is 77.2 Å². The number of nitrogens with zero attached hydrogens (tertiary/aromatic N) is 1. The number of nitrogen functional groups attached to an aromatic ring is 1. The van der Waals surface area contributed by atoms with E-state index in [-0.39, 0.29) is 11.9 Å². The van der Waals surface area contributed by atoms with Gasteiger partial charge in [-0.25, -0.2) is 4.98 Å². The van der Waals surface area contributed by atoms with E-state index in [0.717, 1.165) is 11.3 Å². The maximum absolute atomic E-state index is 12.1. The molecule has 2 aromatic rings. The number of hydrogen-bond donors (Lipinski definition) is 2. The van der Waals surface area contributed by atoms with Crippen molar-refractivity contribution in [3.8, 4) is 5.75 Å². The minimum atomic E-state index is -0.226. The molecule has 1 amide bonds. The Hall–Kier alpha value is -2.56. The largest absolute Gasteiger partial charge is 0.494 e. The van der Waals surface area contributed by atoms with Gasteiger partial charge in [0.05, 0.1) is 24.5 Å². The molecule has 0 fully saturated rings. The van der Waals surface area contributed by atoms with Crippen molar-refractivity contribution in [3.63, 3.8) is 0 Å². The van der Waals surface area contributed by atoms with Gasteiger partial charge < -0.3 is 15.8 Å². The van der Waals surface area contributed by atoms with E-state index in [0.29, 0.717) is 18.0 Å². The fourth-order valence-corrected chi connectivity index (χ4v) is 1.91. The number of rotatable bonds is 5. The quantitative estimate of drug-likeness (QED) is 0.885. The smallest absolute Gasteiger partial charge is 0.270 e. The first-order valence-corrected chi connectivity index (χ1v) is 6.85. The van der Waals surface area contributed by atoms with Crippen LogP contribution in [0.3, 0.4) is 0 Å². The molecule has 0 aliphatic heterocycles. The van der Waals surface area contributed by atoms with Gasteiger partial charge in [0.2, 0.25) is 0 Å². The van der Waals surface area contributed by atoms with Crippen LogP contribution in [0.15, 0.2) is 42.6 Å². The second-order valence-electron chi connectivity index (χ2n) is 4.67. The van der Waals surface area contributed by atoms with Crippen LogP contribution in [0.4, 0.5) is 5.69 Å². The second kappa shape index (κ2) is 6.74. The maximum Gasteiger partial charge on any atom is 0.270 e. The molecule has 0 spiro atoms. The molecular weight excluding hydrogens is 266 g/mol. The lowest BCUT2D eigenvalue weighted by Gasteiger charge is -2.14. The van der Waals surface area contributed by atoms with E-state index in [2.05, 4.69) is 10.3 Å². The van der Waals surface area contributed by atoms with Crippen LogP contribution in [0.2, 0.25) is 0 Å². The number of nitrogens with one attached hydrogen (secondary N) is 1. The van der Waals surface area contributed by atoms with Crippen molar-refractivity contribution in [1.29, 1.82) is 0 Å². The molecule has 0 aliphatic rings. The highest BCUT2D eigenvalue weighted by Crippen LogP contribution is 2.18. The third kappa shape index (κ3) is 3.95. The van der Waals surface area contributed by atoms with Gasteiger partial charge in [0.15, 0.2) is 0 Å². The molecule has 1 heterocycles. The lowest BCUT2D eigenvalue weighted by molar-refractivity contribution is 0.0935. The minimum absolute atomic E-state index is 0.118. The summed E-state index contributed by atoms with van der Waals surface area (Å²) in [6, 6.07) is 10.8. The van der Waals surface area contributed by atoms with E-state index in [1.807, 2.05) is 38.1 Å². The molecule has 1 atom stereocenters. The maximum atomic E-state index is 12.1. The van der Waals surface area contributed by atoms with Gasteiger partial charge in [0, 0.05) is 0 Å². The van der Waals surface area contributed by atoms with Crippen LogP contribution in [0, 0.1) is 0 Å². The van der Waals surface area contributed by atoms with Crippen LogP contribution in [0.25, 0.3) is 0 Å². The van der Waals surface area contributed by atoms with Crippen molar-refractivity contribution in [1.82, 2.24) is 10.3 Å². The Balaban J connectivity index is 2.01. The predicted octanol–water partition coefficient (Wildman–Crippen LogP) is 2.55. The average molecular weight is 285 g/mol. The fraction of sp³-hybridized carbons (Fsp3) is 0.250. The number of carbonyl (C=O) groups excluding carboxylic acids is 1. The van der Waals surface area contributed by atoms with E-state index in [4.69, 9.17) is 10.5 Å². The Labute approximate surface area is 124 Å². The number of benzene rings is 1. The van der Waals surface area contributed by atoms with E-state index in [1.165, 1.54) is 6.20 Å². The van der Waals surface area contributed by atoms with Crippen molar-refractivity contribution in [2.75, 3.05) is 12.3 Å². The normalized spacial score (nSPS) is 11.7. The number of ether oxygens (including phenoxy) is 1. The van der Waals surface area contributed by atoms with Gasteiger partial charge in [-0.1, -0.05) is 12.1 Å². The van der Waals surface area contributed by atoms with Gasteiger partial charge in [-0.05, 0) is 43.7 Å². The molecule has 1 unspecified atom stereocenters. The van der Waals surface area contributed by atoms with Gasteiger partial charge >= 0.3 is 0 Å². The van der Waals surface area contributed by atoms with Crippen molar-refractivity contribution >= 4 is 11.6 Å². The number of carbonyl (C=O) groups is 1. The van der Waals surface area contributed by atoms with Crippen LogP contribution in [0.1, 0.15) is 35.9 Å². The zero-order valence-corrected chi connectivity index (χ0v) is 12.2. The first-order chi connectivity index (χ1) is 10.1. The molecule has 0 aliphatic carbocycles. The van der Waals surface area contributed by atoms with E-state index in [1.54, 1.807) is 12.1 Å². The lowest BCUT2D eigenvalue weighted by Crippen LogP contribution is -2.27. The minimum Gasteiger partial charge on any atom is -0.494 e. The van der Waals surface area contributed by atoms with Gasteiger partial charge in [0.1, 0.15) is 11.4 Å². The SMILES string of the molecule is CCOc1ccc(C(C)NC(=O)c2ccc(N)cn2)cc1. The predicted molar refractivity (Wildman–Crippen MR) is 82.1 cm³/mol. The summed E-state index contributed by atoms with van der Waals surface area (Å²) in [5, 5.41) is 2.90. The zero-order valence-electron chi connectivity index (χ0n) is 12.2. The number of anilines is 1. The molecule has 0 saturated carbocycles.